The quantitative estimate of drug-likeness (QED) is 0.847. The predicted octanol–water partition coefficient (Wildman–Crippen LogP) is 2.79. The van der Waals surface area contributed by atoms with Gasteiger partial charge in [0, 0.05) is 18.3 Å². The molecular weight excluding hydrogens is 262 g/mol. The molecular formula is C15H14F2N2O. The summed E-state index contributed by atoms with van der Waals surface area (Å²) in [5.41, 5.74) is 7.34. The second kappa shape index (κ2) is 5.69. The van der Waals surface area contributed by atoms with Crippen molar-refractivity contribution < 1.29 is 13.6 Å². The highest BCUT2D eigenvalue weighted by atomic mass is 19.2. The molecule has 20 heavy (non-hydrogen) atoms. The van der Waals surface area contributed by atoms with Crippen LogP contribution in [0, 0.1) is 18.6 Å². The summed E-state index contributed by atoms with van der Waals surface area (Å²) in [4.78, 5) is 11.9. The number of nitrogens with one attached hydrogen (secondary N) is 1. The summed E-state index contributed by atoms with van der Waals surface area (Å²) >= 11 is 0. The smallest absolute Gasteiger partial charge is 0.253 e. The monoisotopic (exact) mass is 276 g/mol. The van der Waals surface area contributed by atoms with E-state index in [0.29, 0.717) is 6.54 Å². The van der Waals surface area contributed by atoms with Gasteiger partial charge in [-0.25, -0.2) is 8.78 Å². The molecule has 0 fully saturated rings. The Bertz CT molecular complexity index is 656. The molecule has 0 saturated carbocycles. The first-order valence-corrected chi connectivity index (χ1v) is 6.06. The van der Waals surface area contributed by atoms with Gasteiger partial charge in [-0.3, -0.25) is 4.79 Å². The van der Waals surface area contributed by atoms with Crippen LogP contribution in [-0.2, 0) is 6.54 Å². The molecule has 3 nitrogen and oxygen atoms in total. The standard InChI is InChI=1S/C15H14F2N2O/c1-9-4-2-3-5-10(9)8-19-15(20)11-6-12(16)13(17)7-14(11)18/h2-7H,8,18H2,1H3,(H,19,20). The molecule has 2 aromatic rings. The molecule has 3 N–H and O–H groups in total. The zero-order chi connectivity index (χ0) is 14.7. The molecule has 0 aliphatic heterocycles. The molecule has 0 unspecified atom stereocenters. The summed E-state index contributed by atoms with van der Waals surface area (Å²) in [6.07, 6.45) is 0. The van der Waals surface area contributed by atoms with Crippen molar-refractivity contribution in [2.45, 2.75) is 13.5 Å². The summed E-state index contributed by atoms with van der Waals surface area (Å²) in [7, 11) is 0. The maximum absolute atomic E-state index is 13.1. The largest absolute Gasteiger partial charge is 0.398 e. The minimum Gasteiger partial charge on any atom is -0.398 e. The van der Waals surface area contributed by atoms with E-state index in [0.717, 1.165) is 23.3 Å². The number of benzene rings is 2. The molecule has 104 valence electrons. The van der Waals surface area contributed by atoms with E-state index < -0.39 is 17.5 Å². The molecule has 2 aromatic carbocycles. The van der Waals surface area contributed by atoms with E-state index in [2.05, 4.69) is 5.32 Å². The van der Waals surface area contributed by atoms with Crippen molar-refractivity contribution in [1.82, 2.24) is 5.32 Å². The lowest BCUT2D eigenvalue weighted by atomic mass is 10.1. The Balaban J connectivity index is 2.13. The van der Waals surface area contributed by atoms with Crippen LogP contribution in [0.5, 0.6) is 0 Å². The van der Waals surface area contributed by atoms with E-state index in [4.69, 9.17) is 5.73 Å². The minimum absolute atomic E-state index is 0.0718. The van der Waals surface area contributed by atoms with Crippen molar-refractivity contribution in [3.05, 3.63) is 64.7 Å². The molecule has 2 rings (SSSR count). The van der Waals surface area contributed by atoms with Crippen molar-refractivity contribution in [3.63, 3.8) is 0 Å². The highest BCUT2D eigenvalue weighted by molar-refractivity contribution is 5.99. The maximum atomic E-state index is 13.1. The third-order valence-electron chi connectivity index (χ3n) is 3.04. The Kier molecular flexibility index (Phi) is 3.98. The van der Waals surface area contributed by atoms with Gasteiger partial charge in [0.15, 0.2) is 11.6 Å². The summed E-state index contributed by atoms with van der Waals surface area (Å²) in [5, 5.41) is 2.64. The molecule has 1 amide bonds. The summed E-state index contributed by atoms with van der Waals surface area (Å²) in [6.45, 7) is 2.22. The van der Waals surface area contributed by atoms with Crippen LogP contribution in [-0.4, -0.2) is 5.91 Å². The van der Waals surface area contributed by atoms with Crippen molar-refractivity contribution >= 4 is 11.6 Å². The van der Waals surface area contributed by atoms with Crippen molar-refractivity contribution in [3.8, 4) is 0 Å². The average molecular weight is 276 g/mol. The topological polar surface area (TPSA) is 55.1 Å². The molecule has 0 bridgehead atoms. The molecule has 0 aliphatic carbocycles. The first-order valence-electron chi connectivity index (χ1n) is 6.06. The van der Waals surface area contributed by atoms with Gasteiger partial charge in [0.2, 0.25) is 0 Å². The van der Waals surface area contributed by atoms with Gasteiger partial charge >= 0.3 is 0 Å². The van der Waals surface area contributed by atoms with Gasteiger partial charge in [0.1, 0.15) is 0 Å². The minimum atomic E-state index is -1.10. The highest BCUT2D eigenvalue weighted by Crippen LogP contribution is 2.17. The first-order chi connectivity index (χ1) is 9.49. The number of nitrogen functional groups attached to an aromatic ring is 1. The van der Waals surface area contributed by atoms with Crippen LogP contribution in [0.1, 0.15) is 21.5 Å². The normalized spacial score (nSPS) is 10.3. The van der Waals surface area contributed by atoms with Gasteiger partial charge in [-0.15, -0.1) is 0 Å². The zero-order valence-corrected chi connectivity index (χ0v) is 10.9. The second-order valence-corrected chi connectivity index (χ2v) is 4.46. The van der Waals surface area contributed by atoms with Gasteiger partial charge in [-0.1, -0.05) is 24.3 Å². The molecule has 0 spiro atoms. The third kappa shape index (κ3) is 2.93. The number of aryl methyl sites for hydroxylation is 1. The number of hydrogen-bond donors (Lipinski definition) is 2. The van der Waals surface area contributed by atoms with E-state index in [-0.39, 0.29) is 11.3 Å². The van der Waals surface area contributed by atoms with Gasteiger partial charge in [-0.05, 0) is 24.1 Å². The van der Waals surface area contributed by atoms with Crippen LogP contribution in [0.15, 0.2) is 36.4 Å². The summed E-state index contributed by atoms with van der Waals surface area (Å²) in [5.74, 6) is -2.71. The molecule has 0 aromatic heterocycles. The first kappa shape index (κ1) is 14.0. The number of anilines is 1. The maximum Gasteiger partial charge on any atom is 0.253 e. The molecule has 0 heterocycles. The Morgan fingerprint density at radius 1 is 1.20 bits per heavy atom. The molecule has 0 saturated heterocycles. The summed E-state index contributed by atoms with van der Waals surface area (Å²) in [6, 6.07) is 9.17. The Hall–Kier alpha value is -2.43. The van der Waals surface area contributed by atoms with Crippen LogP contribution in [0.3, 0.4) is 0 Å². The lowest BCUT2D eigenvalue weighted by Gasteiger charge is -2.09. The van der Waals surface area contributed by atoms with Crippen molar-refractivity contribution in [2.75, 3.05) is 5.73 Å². The molecule has 0 radical (unpaired) electrons. The third-order valence-corrected chi connectivity index (χ3v) is 3.04. The van der Waals surface area contributed by atoms with Crippen molar-refractivity contribution in [2.24, 2.45) is 0 Å². The van der Waals surface area contributed by atoms with E-state index in [1.54, 1.807) is 0 Å². The van der Waals surface area contributed by atoms with Crippen LogP contribution in [0.2, 0.25) is 0 Å². The zero-order valence-electron chi connectivity index (χ0n) is 10.9. The molecule has 5 heteroatoms. The number of hydrogen-bond acceptors (Lipinski definition) is 2. The number of nitrogens with two attached hydrogens (primary N) is 1. The SMILES string of the molecule is Cc1ccccc1CNC(=O)c1cc(F)c(F)cc1N. The van der Waals surface area contributed by atoms with Gasteiger partial charge in [0.05, 0.1) is 5.56 Å². The Labute approximate surface area is 115 Å². The fraction of sp³-hybridized carbons (Fsp3) is 0.133. The number of rotatable bonds is 3. The van der Waals surface area contributed by atoms with Crippen LogP contribution in [0.4, 0.5) is 14.5 Å². The fourth-order valence-electron chi connectivity index (χ4n) is 1.84. The van der Waals surface area contributed by atoms with Crippen LogP contribution < -0.4 is 11.1 Å². The number of halogens is 2. The lowest BCUT2D eigenvalue weighted by molar-refractivity contribution is 0.0951. The highest BCUT2D eigenvalue weighted by Gasteiger charge is 2.14. The fourth-order valence-corrected chi connectivity index (χ4v) is 1.84. The average Bonchev–Trinajstić information content (AvgIpc) is 2.41. The molecule has 0 atom stereocenters. The van der Waals surface area contributed by atoms with Crippen LogP contribution in [0.25, 0.3) is 0 Å². The second-order valence-electron chi connectivity index (χ2n) is 4.46. The number of amides is 1. The van der Waals surface area contributed by atoms with Gasteiger partial charge in [-0.2, -0.15) is 0 Å². The van der Waals surface area contributed by atoms with E-state index in [1.807, 2.05) is 31.2 Å². The van der Waals surface area contributed by atoms with E-state index >= 15 is 0 Å². The Morgan fingerprint density at radius 3 is 2.55 bits per heavy atom. The van der Waals surface area contributed by atoms with Crippen molar-refractivity contribution in [1.29, 1.82) is 0 Å². The lowest BCUT2D eigenvalue weighted by Crippen LogP contribution is -2.24. The molecule has 0 aliphatic rings. The van der Waals surface area contributed by atoms with E-state index in [1.165, 1.54) is 0 Å². The number of carbonyl (C=O) groups is 1. The summed E-state index contributed by atoms with van der Waals surface area (Å²) < 4.78 is 26.1. The number of carbonyl (C=O) groups excluding carboxylic acids is 1. The van der Waals surface area contributed by atoms with Gasteiger partial charge in [0.25, 0.3) is 5.91 Å². The Morgan fingerprint density at radius 2 is 1.85 bits per heavy atom. The predicted molar refractivity (Wildman–Crippen MR) is 73.1 cm³/mol. The van der Waals surface area contributed by atoms with E-state index in [9.17, 15) is 13.6 Å². The van der Waals surface area contributed by atoms with Crippen LogP contribution >= 0.6 is 0 Å². The van der Waals surface area contributed by atoms with Gasteiger partial charge < -0.3 is 11.1 Å².